The van der Waals surface area contributed by atoms with Gasteiger partial charge in [-0.3, -0.25) is 4.79 Å². The van der Waals surface area contributed by atoms with E-state index in [9.17, 15) is 13.6 Å². The molecule has 0 saturated heterocycles. The maximum absolute atomic E-state index is 13.5. The summed E-state index contributed by atoms with van der Waals surface area (Å²) in [7, 11) is 0. The van der Waals surface area contributed by atoms with Crippen molar-refractivity contribution >= 4 is 5.91 Å². The van der Waals surface area contributed by atoms with E-state index in [0.29, 0.717) is 12.8 Å². The van der Waals surface area contributed by atoms with Gasteiger partial charge in [-0.15, -0.1) is 0 Å². The topological polar surface area (TPSA) is 49.3 Å². The van der Waals surface area contributed by atoms with Crippen LogP contribution in [0.3, 0.4) is 0 Å². The number of aliphatic hydroxyl groups excluding tert-OH is 1. The molecule has 1 amide bonds. The van der Waals surface area contributed by atoms with Crippen LogP contribution in [0.5, 0.6) is 0 Å². The number of carbonyl (C=O) groups excluding carboxylic acids is 1. The fourth-order valence-electron chi connectivity index (χ4n) is 1.39. The average Bonchev–Trinajstić information content (AvgIpc) is 2.30. The monoisotopic (exact) mass is 243 g/mol. The Hall–Kier alpha value is -1.49. The summed E-state index contributed by atoms with van der Waals surface area (Å²) in [6.45, 7) is 1.78. The lowest BCUT2D eigenvalue weighted by Crippen LogP contribution is -2.27. The molecule has 0 unspecified atom stereocenters. The predicted molar refractivity (Wildman–Crippen MR) is 59.7 cm³/mol. The second-order valence-electron chi connectivity index (χ2n) is 3.74. The number of benzene rings is 1. The van der Waals surface area contributed by atoms with Crippen LogP contribution in [0.4, 0.5) is 8.78 Å². The predicted octanol–water partition coefficient (Wildman–Crippen LogP) is 1.78. The van der Waals surface area contributed by atoms with Crippen LogP contribution >= 0.6 is 0 Å². The second-order valence-corrected chi connectivity index (χ2v) is 3.74. The van der Waals surface area contributed by atoms with Crippen molar-refractivity contribution in [3.05, 3.63) is 34.9 Å². The molecule has 0 aliphatic carbocycles. The van der Waals surface area contributed by atoms with E-state index in [1.54, 1.807) is 0 Å². The molecular weight excluding hydrogens is 228 g/mol. The fraction of sp³-hybridized carbons (Fsp3) is 0.417. The van der Waals surface area contributed by atoms with Gasteiger partial charge in [-0.2, -0.15) is 0 Å². The number of carbonyl (C=O) groups is 1. The number of amides is 1. The quantitative estimate of drug-likeness (QED) is 0.774. The molecule has 1 aromatic rings. The van der Waals surface area contributed by atoms with Crippen molar-refractivity contribution in [2.45, 2.75) is 19.8 Å². The van der Waals surface area contributed by atoms with Crippen molar-refractivity contribution in [1.29, 1.82) is 0 Å². The Kier molecular flexibility index (Phi) is 5.03. The number of halogens is 2. The molecule has 0 heterocycles. The van der Waals surface area contributed by atoms with Gasteiger partial charge in [-0.05, 0) is 31.4 Å². The molecule has 0 radical (unpaired) electrons. The van der Waals surface area contributed by atoms with Crippen molar-refractivity contribution < 1.29 is 18.7 Å². The number of aliphatic hydroxyl groups is 1. The van der Waals surface area contributed by atoms with E-state index in [1.807, 2.05) is 0 Å². The highest BCUT2D eigenvalue weighted by Gasteiger charge is 2.18. The van der Waals surface area contributed by atoms with Gasteiger partial charge in [-0.25, -0.2) is 8.78 Å². The Balaban J connectivity index is 2.72. The number of nitrogens with one attached hydrogen (secondary N) is 1. The first kappa shape index (κ1) is 13.6. The van der Waals surface area contributed by atoms with Crippen LogP contribution in [0.25, 0.3) is 0 Å². The van der Waals surface area contributed by atoms with Crippen molar-refractivity contribution in [3.63, 3.8) is 0 Å². The van der Waals surface area contributed by atoms with Crippen LogP contribution in [0.2, 0.25) is 0 Å². The molecule has 0 aromatic heterocycles. The highest BCUT2D eigenvalue weighted by Crippen LogP contribution is 2.15. The molecule has 0 spiro atoms. The molecule has 0 saturated carbocycles. The van der Waals surface area contributed by atoms with E-state index in [2.05, 4.69) is 5.32 Å². The lowest BCUT2D eigenvalue weighted by Gasteiger charge is -2.08. The van der Waals surface area contributed by atoms with Gasteiger partial charge < -0.3 is 10.4 Å². The summed E-state index contributed by atoms with van der Waals surface area (Å²) in [6, 6.07) is 2.36. The largest absolute Gasteiger partial charge is 0.396 e. The molecule has 1 aromatic carbocycles. The molecule has 0 aliphatic heterocycles. The Morgan fingerprint density at radius 3 is 2.71 bits per heavy atom. The summed E-state index contributed by atoms with van der Waals surface area (Å²) in [6.07, 6.45) is 1.11. The van der Waals surface area contributed by atoms with Crippen LogP contribution in [-0.4, -0.2) is 24.2 Å². The molecule has 0 bridgehead atoms. The maximum atomic E-state index is 13.5. The van der Waals surface area contributed by atoms with Crippen LogP contribution < -0.4 is 5.32 Å². The summed E-state index contributed by atoms with van der Waals surface area (Å²) >= 11 is 0. The normalized spacial score (nSPS) is 10.4. The van der Waals surface area contributed by atoms with Gasteiger partial charge in [-0.1, -0.05) is 6.07 Å². The minimum absolute atomic E-state index is 0.0308. The van der Waals surface area contributed by atoms with Gasteiger partial charge >= 0.3 is 0 Å². The van der Waals surface area contributed by atoms with Crippen LogP contribution in [0.15, 0.2) is 12.1 Å². The Labute approximate surface area is 98.5 Å². The summed E-state index contributed by atoms with van der Waals surface area (Å²) in [5, 5.41) is 11.0. The number of aryl methyl sites for hydroxylation is 1. The summed E-state index contributed by atoms with van der Waals surface area (Å²) < 4.78 is 26.9. The minimum atomic E-state index is -0.868. The van der Waals surface area contributed by atoms with Crippen molar-refractivity contribution in [1.82, 2.24) is 5.32 Å². The third-order valence-electron chi connectivity index (χ3n) is 2.38. The Morgan fingerprint density at radius 1 is 1.35 bits per heavy atom. The molecule has 17 heavy (non-hydrogen) atoms. The van der Waals surface area contributed by atoms with Gasteiger partial charge in [0.15, 0.2) is 0 Å². The molecule has 0 atom stereocenters. The summed E-state index contributed by atoms with van der Waals surface area (Å²) in [5.41, 5.74) is -0.319. The zero-order valence-corrected chi connectivity index (χ0v) is 9.59. The number of unbranched alkanes of at least 4 members (excludes halogenated alkanes) is 1. The average molecular weight is 243 g/mol. The molecular formula is C12H15F2NO2. The first-order chi connectivity index (χ1) is 8.07. The highest BCUT2D eigenvalue weighted by atomic mass is 19.1. The lowest BCUT2D eigenvalue weighted by molar-refractivity contribution is 0.0943. The van der Waals surface area contributed by atoms with E-state index < -0.39 is 23.1 Å². The molecule has 94 valence electrons. The maximum Gasteiger partial charge on any atom is 0.257 e. The fourth-order valence-corrected chi connectivity index (χ4v) is 1.39. The number of hydrogen-bond donors (Lipinski definition) is 2. The minimum Gasteiger partial charge on any atom is -0.396 e. The number of hydrogen-bond acceptors (Lipinski definition) is 2. The molecule has 3 nitrogen and oxygen atoms in total. The first-order valence-corrected chi connectivity index (χ1v) is 5.41. The number of rotatable bonds is 5. The van der Waals surface area contributed by atoms with Gasteiger partial charge in [0.2, 0.25) is 0 Å². The van der Waals surface area contributed by atoms with Gasteiger partial charge in [0, 0.05) is 13.2 Å². The second kappa shape index (κ2) is 6.30. The summed E-state index contributed by atoms with van der Waals surface area (Å²) in [4.78, 5) is 11.5. The molecule has 0 fully saturated rings. The van der Waals surface area contributed by atoms with E-state index in [-0.39, 0.29) is 18.7 Å². The third-order valence-corrected chi connectivity index (χ3v) is 2.38. The van der Waals surface area contributed by atoms with Gasteiger partial charge in [0.05, 0.1) is 0 Å². The van der Waals surface area contributed by atoms with E-state index in [0.717, 1.165) is 6.07 Å². The molecule has 1 rings (SSSR count). The summed E-state index contributed by atoms with van der Waals surface area (Å²) in [5.74, 6) is -2.46. The zero-order valence-electron chi connectivity index (χ0n) is 9.59. The van der Waals surface area contributed by atoms with E-state index in [1.165, 1.54) is 13.0 Å². The molecule has 0 aliphatic rings. The first-order valence-electron chi connectivity index (χ1n) is 5.41. The van der Waals surface area contributed by atoms with Crippen LogP contribution in [0, 0.1) is 18.6 Å². The van der Waals surface area contributed by atoms with E-state index in [4.69, 9.17) is 5.11 Å². The third kappa shape index (κ3) is 3.49. The smallest absolute Gasteiger partial charge is 0.257 e. The lowest BCUT2D eigenvalue weighted by atomic mass is 10.1. The van der Waals surface area contributed by atoms with Gasteiger partial charge in [0.25, 0.3) is 5.91 Å². The molecule has 2 N–H and O–H groups in total. The van der Waals surface area contributed by atoms with Crippen molar-refractivity contribution in [2.75, 3.05) is 13.2 Å². The van der Waals surface area contributed by atoms with Crippen LogP contribution in [0.1, 0.15) is 28.8 Å². The highest BCUT2D eigenvalue weighted by molar-refractivity contribution is 5.94. The SMILES string of the molecule is Cc1ccc(F)c(C(=O)NCCCCO)c1F. The van der Waals surface area contributed by atoms with Crippen molar-refractivity contribution in [3.8, 4) is 0 Å². The molecule has 5 heteroatoms. The Bertz CT molecular complexity index is 408. The van der Waals surface area contributed by atoms with E-state index >= 15 is 0 Å². The van der Waals surface area contributed by atoms with Crippen LogP contribution in [-0.2, 0) is 0 Å². The zero-order chi connectivity index (χ0) is 12.8. The standard InChI is InChI=1S/C12H15F2NO2/c1-8-4-5-9(13)10(11(8)14)12(17)15-6-2-3-7-16/h4-5,16H,2-3,6-7H2,1H3,(H,15,17). The van der Waals surface area contributed by atoms with Gasteiger partial charge in [0.1, 0.15) is 17.2 Å². The van der Waals surface area contributed by atoms with Crippen molar-refractivity contribution in [2.24, 2.45) is 0 Å². The Morgan fingerprint density at radius 2 is 2.06 bits per heavy atom.